The van der Waals surface area contributed by atoms with Crippen LogP contribution in [0.3, 0.4) is 0 Å². The maximum absolute atomic E-state index is 3.79. The minimum Gasteiger partial charge on any atom is -0.307 e. The van der Waals surface area contributed by atoms with Crippen LogP contribution in [0.4, 0.5) is 0 Å². The molecule has 1 aromatic carbocycles. The molecule has 0 heterocycles. The Bertz CT molecular complexity index is 364. The molecule has 1 saturated carbocycles. The van der Waals surface area contributed by atoms with E-state index < -0.39 is 0 Å². The van der Waals surface area contributed by atoms with Gasteiger partial charge in [-0.3, -0.25) is 0 Å². The van der Waals surface area contributed by atoms with Gasteiger partial charge in [0, 0.05) is 16.6 Å². The number of hydrogen-bond acceptors (Lipinski definition) is 1. The van der Waals surface area contributed by atoms with Crippen LogP contribution in [-0.4, -0.2) is 6.04 Å². The molecular weight excluding hydrogens is 274 g/mol. The van der Waals surface area contributed by atoms with E-state index in [1.807, 2.05) is 0 Å². The Balaban J connectivity index is 1.98. The maximum Gasteiger partial charge on any atom is 0.0294 e. The van der Waals surface area contributed by atoms with Gasteiger partial charge in [0.25, 0.3) is 0 Å². The van der Waals surface area contributed by atoms with Gasteiger partial charge >= 0.3 is 0 Å². The first kappa shape index (κ1) is 13.1. The second-order valence-corrected chi connectivity index (χ2v) is 6.23. The molecule has 0 spiro atoms. The summed E-state index contributed by atoms with van der Waals surface area (Å²) < 4.78 is 1.17. The van der Waals surface area contributed by atoms with Crippen molar-refractivity contribution in [2.45, 2.75) is 51.6 Å². The molecule has 2 rings (SSSR count). The van der Waals surface area contributed by atoms with E-state index in [9.17, 15) is 0 Å². The molecule has 0 aliphatic heterocycles. The summed E-state index contributed by atoms with van der Waals surface area (Å²) in [6.07, 6.45) is 5.50. The van der Waals surface area contributed by atoms with Crippen LogP contribution < -0.4 is 5.32 Å². The van der Waals surface area contributed by atoms with Crippen molar-refractivity contribution in [3.63, 3.8) is 0 Å². The van der Waals surface area contributed by atoms with Crippen LogP contribution in [0.5, 0.6) is 0 Å². The molecule has 0 amide bonds. The summed E-state index contributed by atoms with van der Waals surface area (Å²) in [5.41, 5.74) is 1.37. The van der Waals surface area contributed by atoms with E-state index in [2.05, 4.69) is 59.4 Å². The van der Waals surface area contributed by atoms with Crippen molar-refractivity contribution in [3.8, 4) is 0 Å². The standard InChI is InChI=1S/C15H22BrN/c1-11-6-3-4-9-15(11)17-12(2)13-7-5-8-14(16)10-13/h5,7-8,10-12,15,17H,3-4,6,9H2,1-2H3. The molecular formula is C15H22BrN. The molecule has 3 atom stereocenters. The van der Waals surface area contributed by atoms with Crippen LogP contribution in [0, 0.1) is 5.92 Å². The monoisotopic (exact) mass is 295 g/mol. The van der Waals surface area contributed by atoms with Gasteiger partial charge in [0.1, 0.15) is 0 Å². The SMILES string of the molecule is CC(NC1CCCCC1C)c1cccc(Br)c1. The van der Waals surface area contributed by atoms with E-state index in [0.717, 1.165) is 5.92 Å². The number of rotatable bonds is 3. The summed E-state index contributed by atoms with van der Waals surface area (Å²) in [6, 6.07) is 9.75. The first-order valence-corrected chi connectivity index (χ1v) is 7.47. The zero-order valence-electron chi connectivity index (χ0n) is 10.7. The highest BCUT2D eigenvalue weighted by Gasteiger charge is 2.22. The van der Waals surface area contributed by atoms with Crippen LogP contribution in [0.15, 0.2) is 28.7 Å². The molecule has 1 aliphatic carbocycles. The third kappa shape index (κ3) is 3.56. The van der Waals surface area contributed by atoms with E-state index in [1.54, 1.807) is 0 Å². The fraction of sp³-hybridized carbons (Fsp3) is 0.600. The summed E-state index contributed by atoms with van der Waals surface area (Å²) in [7, 11) is 0. The Kier molecular flexibility index (Phi) is 4.63. The third-order valence-electron chi connectivity index (χ3n) is 3.92. The van der Waals surface area contributed by atoms with Gasteiger partial charge in [-0.05, 0) is 43.4 Å². The van der Waals surface area contributed by atoms with Crippen LogP contribution in [-0.2, 0) is 0 Å². The molecule has 1 fully saturated rings. The first-order chi connectivity index (χ1) is 8.16. The predicted octanol–water partition coefficient (Wildman–Crippen LogP) is 4.68. The van der Waals surface area contributed by atoms with Crippen molar-refractivity contribution < 1.29 is 0 Å². The first-order valence-electron chi connectivity index (χ1n) is 6.68. The molecule has 17 heavy (non-hydrogen) atoms. The smallest absolute Gasteiger partial charge is 0.0294 e. The lowest BCUT2D eigenvalue weighted by Gasteiger charge is -2.32. The quantitative estimate of drug-likeness (QED) is 0.854. The summed E-state index contributed by atoms with van der Waals surface area (Å²) >= 11 is 3.54. The largest absolute Gasteiger partial charge is 0.307 e. The summed E-state index contributed by atoms with van der Waals surface area (Å²) in [4.78, 5) is 0. The van der Waals surface area contributed by atoms with Crippen molar-refractivity contribution in [3.05, 3.63) is 34.3 Å². The second kappa shape index (κ2) is 6.01. The Labute approximate surface area is 113 Å². The van der Waals surface area contributed by atoms with Crippen molar-refractivity contribution in [1.82, 2.24) is 5.32 Å². The molecule has 0 aromatic heterocycles. The van der Waals surface area contributed by atoms with Gasteiger partial charge in [0.2, 0.25) is 0 Å². The summed E-state index contributed by atoms with van der Waals surface area (Å²) in [6.45, 7) is 4.65. The van der Waals surface area contributed by atoms with E-state index >= 15 is 0 Å². The molecule has 0 saturated heterocycles. The number of benzene rings is 1. The highest BCUT2D eigenvalue weighted by atomic mass is 79.9. The molecule has 1 N–H and O–H groups in total. The van der Waals surface area contributed by atoms with Crippen LogP contribution in [0.1, 0.15) is 51.1 Å². The fourth-order valence-electron chi connectivity index (χ4n) is 2.76. The van der Waals surface area contributed by atoms with Crippen LogP contribution >= 0.6 is 15.9 Å². The minimum absolute atomic E-state index is 0.443. The van der Waals surface area contributed by atoms with Crippen molar-refractivity contribution in [1.29, 1.82) is 0 Å². The molecule has 1 aliphatic rings. The molecule has 1 nitrogen and oxygen atoms in total. The summed E-state index contributed by atoms with van der Waals surface area (Å²) in [5, 5.41) is 3.79. The lowest BCUT2D eigenvalue weighted by atomic mass is 9.85. The highest BCUT2D eigenvalue weighted by Crippen LogP contribution is 2.26. The predicted molar refractivity (Wildman–Crippen MR) is 77.1 cm³/mol. The van der Waals surface area contributed by atoms with Gasteiger partial charge in [0.05, 0.1) is 0 Å². The maximum atomic E-state index is 3.79. The zero-order valence-corrected chi connectivity index (χ0v) is 12.3. The van der Waals surface area contributed by atoms with E-state index in [1.165, 1.54) is 35.7 Å². The Morgan fingerprint density at radius 1 is 1.29 bits per heavy atom. The lowest BCUT2D eigenvalue weighted by Crippen LogP contribution is -2.38. The number of nitrogens with one attached hydrogen (secondary N) is 1. The van der Waals surface area contributed by atoms with Gasteiger partial charge in [0.15, 0.2) is 0 Å². The molecule has 94 valence electrons. The van der Waals surface area contributed by atoms with Crippen molar-refractivity contribution >= 4 is 15.9 Å². The molecule has 0 bridgehead atoms. The number of halogens is 1. The van der Waals surface area contributed by atoms with Crippen LogP contribution in [0.25, 0.3) is 0 Å². The Morgan fingerprint density at radius 2 is 2.06 bits per heavy atom. The fourth-order valence-corrected chi connectivity index (χ4v) is 3.17. The van der Waals surface area contributed by atoms with E-state index in [-0.39, 0.29) is 0 Å². The lowest BCUT2D eigenvalue weighted by molar-refractivity contribution is 0.263. The van der Waals surface area contributed by atoms with Crippen molar-refractivity contribution in [2.75, 3.05) is 0 Å². The highest BCUT2D eigenvalue weighted by molar-refractivity contribution is 9.10. The molecule has 0 radical (unpaired) electrons. The zero-order chi connectivity index (χ0) is 12.3. The van der Waals surface area contributed by atoms with Crippen LogP contribution in [0.2, 0.25) is 0 Å². The second-order valence-electron chi connectivity index (χ2n) is 5.31. The average molecular weight is 296 g/mol. The Hall–Kier alpha value is -0.340. The van der Waals surface area contributed by atoms with Crippen molar-refractivity contribution in [2.24, 2.45) is 5.92 Å². The normalized spacial score (nSPS) is 26.8. The number of hydrogen-bond donors (Lipinski definition) is 1. The topological polar surface area (TPSA) is 12.0 Å². The minimum atomic E-state index is 0.443. The van der Waals surface area contributed by atoms with Gasteiger partial charge in [-0.1, -0.05) is 47.8 Å². The van der Waals surface area contributed by atoms with Gasteiger partial charge in [-0.2, -0.15) is 0 Å². The molecule has 2 heteroatoms. The van der Waals surface area contributed by atoms with E-state index in [4.69, 9.17) is 0 Å². The molecule has 3 unspecified atom stereocenters. The van der Waals surface area contributed by atoms with E-state index in [0.29, 0.717) is 12.1 Å². The molecule has 1 aromatic rings. The third-order valence-corrected chi connectivity index (χ3v) is 4.42. The van der Waals surface area contributed by atoms with Gasteiger partial charge < -0.3 is 5.32 Å². The Morgan fingerprint density at radius 3 is 2.76 bits per heavy atom. The van der Waals surface area contributed by atoms with Gasteiger partial charge in [-0.25, -0.2) is 0 Å². The average Bonchev–Trinajstić information content (AvgIpc) is 2.32. The summed E-state index contributed by atoms with van der Waals surface area (Å²) in [5.74, 6) is 0.818. The van der Waals surface area contributed by atoms with Gasteiger partial charge in [-0.15, -0.1) is 0 Å².